The van der Waals surface area contributed by atoms with Crippen molar-refractivity contribution in [2.24, 2.45) is 0 Å². The second-order valence-corrected chi connectivity index (χ2v) is 5.22. The monoisotopic (exact) mass is 316 g/mol. The minimum absolute atomic E-state index is 0.0770. The van der Waals surface area contributed by atoms with E-state index in [1.807, 2.05) is 13.8 Å². The average molecular weight is 316 g/mol. The highest BCUT2D eigenvalue weighted by molar-refractivity contribution is 5.91. The third kappa shape index (κ3) is 4.91. The Morgan fingerprint density at radius 2 is 2.04 bits per heavy atom. The van der Waals surface area contributed by atoms with Crippen LogP contribution in [0, 0.1) is 0 Å². The van der Waals surface area contributed by atoms with Gasteiger partial charge >= 0.3 is 5.97 Å². The molecular formula is C16H20N4O3. The van der Waals surface area contributed by atoms with Gasteiger partial charge in [-0.05, 0) is 37.6 Å². The summed E-state index contributed by atoms with van der Waals surface area (Å²) in [6.07, 6.45) is 4.87. The summed E-state index contributed by atoms with van der Waals surface area (Å²) in [5.74, 6) is -0.827. The van der Waals surface area contributed by atoms with Gasteiger partial charge in [-0.2, -0.15) is 5.10 Å². The van der Waals surface area contributed by atoms with Gasteiger partial charge in [0, 0.05) is 6.04 Å². The van der Waals surface area contributed by atoms with Crippen molar-refractivity contribution in [1.29, 1.82) is 0 Å². The Kier molecular flexibility index (Phi) is 5.85. The molecular weight excluding hydrogens is 296 g/mol. The van der Waals surface area contributed by atoms with Gasteiger partial charge in [0.1, 0.15) is 12.7 Å². The molecule has 0 aliphatic heterocycles. The summed E-state index contributed by atoms with van der Waals surface area (Å²) in [4.78, 5) is 27.4. The average Bonchev–Trinajstić information content (AvgIpc) is 3.07. The molecule has 2 rings (SSSR count). The van der Waals surface area contributed by atoms with Crippen molar-refractivity contribution in [3.8, 4) is 5.69 Å². The molecule has 122 valence electrons. The van der Waals surface area contributed by atoms with Crippen LogP contribution >= 0.6 is 0 Å². The fraction of sp³-hybridized carbons (Fsp3) is 0.375. The summed E-state index contributed by atoms with van der Waals surface area (Å²) in [5, 5.41) is 6.78. The van der Waals surface area contributed by atoms with Gasteiger partial charge in [0.2, 0.25) is 0 Å². The molecule has 7 nitrogen and oxygen atoms in total. The van der Waals surface area contributed by atoms with Gasteiger partial charge in [0.05, 0.1) is 11.3 Å². The molecule has 0 radical (unpaired) electrons. The first-order valence-corrected chi connectivity index (χ1v) is 7.51. The number of rotatable bonds is 7. The first kappa shape index (κ1) is 16.7. The van der Waals surface area contributed by atoms with Crippen LogP contribution in [0.5, 0.6) is 0 Å². The Hall–Kier alpha value is -2.70. The summed E-state index contributed by atoms with van der Waals surface area (Å²) >= 11 is 0. The number of benzene rings is 1. The van der Waals surface area contributed by atoms with E-state index in [1.54, 1.807) is 35.3 Å². The molecule has 2 aromatic rings. The van der Waals surface area contributed by atoms with Gasteiger partial charge in [0.25, 0.3) is 5.91 Å². The highest BCUT2D eigenvalue weighted by atomic mass is 16.5. The molecule has 1 N–H and O–H groups in total. The SMILES string of the molecule is CCC[C@H](C)NC(=O)COC(=O)c1ccc(-n2cncn2)cc1. The fourth-order valence-corrected chi connectivity index (χ4v) is 2.13. The summed E-state index contributed by atoms with van der Waals surface area (Å²) in [7, 11) is 0. The van der Waals surface area contributed by atoms with Crippen LogP contribution in [-0.4, -0.2) is 39.3 Å². The lowest BCUT2D eigenvalue weighted by molar-refractivity contribution is -0.124. The van der Waals surface area contributed by atoms with Crippen molar-refractivity contribution >= 4 is 11.9 Å². The Labute approximate surface area is 134 Å². The smallest absolute Gasteiger partial charge is 0.338 e. The molecule has 23 heavy (non-hydrogen) atoms. The zero-order valence-electron chi connectivity index (χ0n) is 13.2. The Bertz CT molecular complexity index is 638. The Morgan fingerprint density at radius 3 is 2.65 bits per heavy atom. The fourth-order valence-electron chi connectivity index (χ4n) is 2.13. The number of aromatic nitrogens is 3. The second-order valence-electron chi connectivity index (χ2n) is 5.22. The maximum absolute atomic E-state index is 11.9. The maximum Gasteiger partial charge on any atom is 0.338 e. The van der Waals surface area contributed by atoms with E-state index >= 15 is 0 Å². The molecule has 1 amide bonds. The number of amides is 1. The normalized spacial score (nSPS) is 11.7. The zero-order chi connectivity index (χ0) is 16.7. The van der Waals surface area contributed by atoms with Crippen molar-refractivity contribution in [2.75, 3.05) is 6.61 Å². The van der Waals surface area contributed by atoms with Gasteiger partial charge in [-0.1, -0.05) is 13.3 Å². The largest absolute Gasteiger partial charge is 0.452 e. The van der Waals surface area contributed by atoms with E-state index < -0.39 is 5.97 Å². The molecule has 0 fully saturated rings. The predicted octanol–water partition coefficient (Wildman–Crippen LogP) is 1.73. The minimum atomic E-state index is -0.534. The first-order valence-electron chi connectivity index (χ1n) is 7.51. The van der Waals surface area contributed by atoms with Gasteiger partial charge in [-0.3, -0.25) is 4.79 Å². The lowest BCUT2D eigenvalue weighted by Crippen LogP contribution is -2.35. The van der Waals surface area contributed by atoms with Crippen molar-refractivity contribution in [2.45, 2.75) is 32.7 Å². The van der Waals surface area contributed by atoms with Crippen LogP contribution in [0.4, 0.5) is 0 Å². The minimum Gasteiger partial charge on any atom is -0.452 e. The standard InChI is InChI=1S/C16H20N4O3/c1-3-4-12(2)19-15(21)9-23-16(22)13-5-7-14(8-6-13)20-11-17-10-18-20/h5-8,10-12H,3-4,9H2,1-2H3,(H,19,21)/t12-/m0/s1. The molecule has 0 saturated carbocycles. The van der Waals surface area contributed by atoms with Crippen LogP contribution in [0.2, 0.25) is 0 Å². The summed E-state index contributed by atoms with van der Waals surface area (Å²) < 4.78 is 6.59. The number of carbonyl (C=O) groups is 2. The second kappa shape index (κ2) is 8.07. The molecule has 1 aromatic carbocycles. The van der Waals surface area contributed by atoms with Crippen molar-refractivity contribution < 1.29 is 14.3 Å². The van der Waals surface area contributed by atoms with E-state index in [9.17, 15) is 9.59 Å². The molecule has 1 heterocycles. The highest BCUT2D eigenvalue weighted by Crippen LogP contribution is 2.09. The molecule has 1 aromatic heterocycles. The number of carbonyl (C=O) groups excluding carboxylic acids is 2. The van der Waals surface area contributed by atoms with Crippen molar-refractivity contribution in [1.82, 2.24) is 20.1 Å². The molecule has 0 aliphatic rings. The maximum atomic E-state index is 11.9. The predicted molar refractivity (Wildman–Crippen MR) is 84.2 cm³/mol. The van der Waals surface area contributed by atoms with Crippen molar-refractivity contribution in [3.05, 3.63) is 42.5 Å². The van der Waals surface area contributed by atoms with Crippen LogP contribution in [0.15, 0.2) is 36.9 Å². The van der Waals surface area contributed by atoms with E-state index in [0.29, 0.717) is 5.56 Å². The van der Waals surface area contributed by atoms with E-state index in [2.05, 4.69) is 15.4 Å². The number of hydrogen-bond donors (Lipinski definition) is 1. The van der Waals surface area contributed by atoms with E-state index in [1.165, 1.54) is 6.33 Å². The first-order chi connectivity index (χ1) is 11.1. The van der Waals surface area contributed by atoms with Crippen LogP contribution in [0.25, 0.3) is 5.69 Å². The zero-order valence-corrected chi connectivity index (χ0v) is 13.2. The lowest BCUT2D eigenvalue weighted by atomic mass is 10.2. The van der Waals surface area contributed by atoms with Gasteiger partial charge in [0.15, 0.2) is 6.61 Å². The third-order valence-electron chi connectivity index (χ3n) is 3.25. The third-order valence-corrected chi connectivity index (χ3v) is 3.25. The van der Waals surface area contributed by atoms with Gasteiger partial charge < -0.3 is 10.1 Å². The van der Waals surface area contributed by atoms with Crippen molar-refractivity contribution in [3.63, 3.8) is 0 Å². The molecule has 0 saturated heterocycles. The number of esters is 1. The highest BCUT2D eigenvalue weighted by Gasteiger charge is 2.12. The summed E-state index contributed by atoms with van der Waals surface area (Å²) in [6, 6.07) is 6.78. The topological polar surface area (TPSA) is 86.1 Å². The van der Waals surface area contributed by atoms with Crippen LogP contribution in [0.1, 0.15) is 37.0 Å². The van der Waals surface area contributed by atoms with E-state index in [-0.39, 0.29) is 18.6 Å². The quantitative estimate of drug-likeness (QED) is 0.786. The summed E-state index contributed by atoms with van der Waals surface area (Å²) in [6.45, 7) is 3.69. The molecule has 0 unspecified atom stereocenters. The van der Waals surface area contributed by atoms with Gasteiger partial charge in [-0.25, -0.2) is 14.5 Å². The number of nitrogens with one attached hydrogen (secondary N) is 1. The molecule has 0 spiro atoms. The number of nitrogens with zero attached hydrogens (tertiary/aromatic N) is 3. The lowest BCUT2D eigenvalue weighted by Gasteiger charge is -2.12. The summed E-state index contributed by atoms with van der Waals surface area (Å²) in [5.41, 5.74) is 1.16. The van der Waals surface area contributed by atoms with Crippen LogP contribution < -0.4 is 5.32 Å². The molecule has 0 bridgehead atoms. The number of hydrogen-bond acceptors (Lipinski definition) is 5. The Balaban J connectivity index is 1.85. The Morgan fingerprint density at radius 1 is 1.30 bits per heavy atom. The molecule has 0 aliphatic carbocycles. The molecule has 7 heteroatoms. The van der Waals surface area contributed by atoms with Crippen LogP contribution in [-0.2, 0) is 9.53 Å². The van der Waals surface area contributed by atoms with Crippen LogP contribution in [0.3, 0.4) is 0 Å². The van der Waals surface area contributed by atoms with Gasteiger partial charge in [-0.15, -0.1) is 0 Å². The molecule has 1 atom stereocenters. The van der Waals surface area contributed by atoms with E-state index in [0.717, 1.165) is 18.5 Å². The van der Waals surface area contributed by atoms with E-state index in [4.69, 9.17) is 4.74 Å². The number of ether oxygens (including phenoxy) is 1.